The normalized spacial score (nSPS) is 16.4. The number of ketones is 1. The van der Waals surface area contributed by atoms with Crippen molar-refractivity contribution in [2.75, 3.05) is 7.11 Å². The van der Waals surface area contributed by atoms with Crippen LogP contribution in [0, 0.1) is 48.5 Å². The molecule has 3 aromatic carbocycles. The fraction of sp³-hybridized carbons (Fsp3) is 0.386. The lowest BCUT2D eigenvalue weighted by Crippen LogP contribution is -2.47. The summed E-state index contributed by atoms with van der Waals surface area (Å²) in [6, 6.07) is 1.54. The second-order valence-corrected chi connectivity index (χ2v) is 16.3. The molecule has 5 rings (SSSR count). The van der Waals surface area contributed by atoms with E-state index in [4.69, 9.17) is 23.7 Å². The number of esters is 4. The third kappa shape index (κ3) is 7.62. The highest BCUT2D eigenvalue weighted by Gasteiger charge is 2.48. The summed E-state index contributed by atoms with van der Waals surface area (Å²) in [5.74, 6) is -4.17. The number of phenolic OH excluding ortho intramolecular Hbond substituents is 1. The smallest absolute Gasteiger partial charge is 0.356 e. The van der Waals surface area contributed by atoms with Crippen molar-refractivity contribution in [3.8, 4) is 23.0 Å². The molecule has 13 heteroatoms. The van der Waals surface area contributed by atoms with E-state index in [1.807, 2.05) is 34.6 Å². The minimum absolute atomic E-state index is 0.0327. The maximum atomic E-state index is 14.0. The van der Waals surface area contributed by atoms with Gasteiger partial charge in [-0.3, -0.25) is 4.79 Å². The van der Waals surface area contributed by atoms with Crippen molar-refractivity contribution in [2.45, 2.75) is 107 Å². The third-order valence-corrected chi connectivity index (χ3v) is 11.5. The van der Waals surface area contributed by atoms with Crippen molar-refractivity contribution in [1.82, 2.24) is 0 Å². The monoisotopic (exact) mass is 846 g/mol. The number of fused-ring (bicyclic) bond motifs is 1. The van der Waals surface area contributed by atoms with Gasteiger partial charge in [0, 0.05) is 6.08 Å². The zero-order chi connectivity index (χ0) is 42.6. The molecule has 0 aromatic heterocycles. The Hall–Kier alpha value is -5.27. The number of carbonyl (C=O) groups excluding carboxylic acids is 5. The van der Waals surface area contributed by atoms with E-state index in [0.717, 1.165) is 29.7 Å². The summed E-state index contributed by atoms with van der Waals surface area (Å²) in [6.45, 7) is 18.6. The highest BCUT2D eigenvalue weighted by molar-refractivity contribution is 9.10. The van der Waals surface area contributed by atoms with Crippen molar-refractivity contribution in [1.29, 1.82) is 0 Å². The van der Waals surface area contributed by atoms with E-state index >= 15 is 0 Å². The first-order valence-electron chi connectivity index (χ1n) is 18.3. The van der Waals surface area contributed by atoms with E-state index in [2.05, 4.69) is 15.9 Å². The highest BCUT2D eigenvalue weighted by atomic mass is 79.9. The molecule has 0 saturated heterocycles. The Bertz CT molecular complexity index is 2330. The summed E-state index contributed by atoms with van der Waals surface area (Å²) < 4.78 is 28.3. The van der Waals surface area contributed by atoms with E-state index in [0.29, 0.717) is 52.0 Å². The van der Waals surface area contributed by atoms with E-state index in [1.54, 1.807) is 33.8 Å². The van der Waals surface area contributed by atoms with Gasteiger partial charge >= 0.3 is 23.9 Å². The molecule has 2 aliphatic rings. The Morgan fingerprint density at radius 2 is 1.28 bits per heavy atom. The molecule has 0 radical (unpaired) electrons. The summed E-state index contributed by atoms with van der Waals surface area (Å²) in [6.07, 6.45) is 4.14. The lowest BCUT2D eigenvalue weighted by molar-refractivity contribution is -0.151. The number of halogens is 1. The summed E-state index contributed by atoms with van der Waals surface area (Å²) >= 11 is 3.23. The first kappa shape index (κ1) is 42.9. The number of methoxy groups -OCH3 is 1. The lowest BCUT2D eigenvalue weighted by atomic mass is 9.87. The van der Waals surface area contributed by atoms with Crippen LogP contribution in [0.25, 0.3) is 0 Å². The molecule has 0 unspecified atom stereocenters. The number of aryl methyl sites for hydroxylation is 1. The molecule has 302 valence electrons. The van der Waals surface area contributed by atoms with Gasteiger partial charge in [-0.2, -0.15) is 0 Å². The molecule has 0 aliphatic heterocycles. The third-order valence-electron chi connectivity index (χ3n) is 10.7. The average Bonchev–Trinajstić information content (AvgIpc) is 3.60. The molecule has 57 heavy (non-hydrogen) atoms. The van der Waals surface area contributed by atoms with Gasteiger partial charge in [-0.25, -0.2) is 19.2 Å². The molecule has 1 atom stereocenters. The second-order valence-electron chi connectivity index (χ2n) is 15.5. The number of hydrogen-bond donors (Lipinski definition) is 2. The first-order chi connectivity index (χ1) is 26.5. The molecule has 3 aromatic rings. The van der Waals surface area contributed by atoms with Crippen LogP contribution in [0.2, 0.25) is 0 Å². The largest absolute Gasteiger partial charge is 0.506 e. The Labute approximate surface area is 339 Å². The standard InChI is InChI=1S/C44H47BrO12/c1-19-16-30(21(3)22(4)32(19)39(48)55-37-25(7)23(5)33(28-14-13-15-29(28)37)41(50)57-43(9,10)11)54-40(49)34-24(6)26(8)38(35(45)36(34)47)56-42(51)44(52)20(2)17-27(46)18-31(44)53-12/h16-18,47,52H,13-15H2,1-12H3/t44-/m1/s1. The zero-order valence-electron chi connectivity index (χ0n) is 34.2. The molecule has 0 amide bonds. The van der Waals surface area contributed by atoms with Gasteiger partial charge in [-0.05, 0) is 179 Å². The summed E-state index contributed by atoms with van der Waals surface area (Å²) in [5, 5.41) is 22.6. The second kappa shape index (κ2) is 15.6. The fourth-order valence-electron chi connectivity index (χ4n) is 7.29. The van der Waals surface area contributed by atoms with Crippen LogP contribution in [0.1, 0.15) is 115 Å². The quantitative estimate of drug-likeness (QED) is 0.166. The SMILES string of the molecule is COC1=CC(=O)C=C(C)[C@]1(O)C(=O)Oc1c(C)c(C)c(C(=O)Oc2cc(C)c(C(=O)Oc3c(C)c(C)c(C(=O)OC(C)(C)C)c4c3CCC4)c(C)c2C)c(O)c1Br. The first-order valence-corrected chi connectivity index (χ1v) is 19.1. The molecular formula is C44H47BrO12. The van der Waals surface area contributed by atoms with Gasteiger partial charge in [0.1, 0.15) is 38.6 Å². The average molecular weight is 848 g/mol. The lowest BCUT2D eigenvalue weighted by Gasteiger charge is -2.30. The molecule has 0 fully saturated rings. The number of allylic oxidation sites excluding steroid dienone is 2. The van der Waals surface area contributed by atoms with E-state index in [9.17, 15) is 34.2 Å². The number of phenols is 1. The summed E-state index contributed by atoms with van der Waals surface area (Å²) in [4.78, 5) is 66.4. The molecule has 2 aliphatic carbocycles. The van der Waals surface area contributed by atoms with Gasteiger partial charge < -0.3 is 33.9 Å². The van der Waals surface area contributed by atoms with Crippen LogP contribution in [0.4, 0.5) is 0 Å². The zero-order valence-corrected chi connectivity index (χ0v) is 35.8. The number of aliphatic hydroxyl groups is 1. The van der Waals surface area contributed by atoms with Crippen molar-refractivity contribution in [3.05, 3.63) is 101 Å². The maximum absolute atomic E-state index is 14.0. The Kier molecular flexibility index (Phi) is 11.7. The number of rotatable bonds is 8. The van der Waals surface area contributed by atoms with E-state index < -0.39 is 46.6 Å². The van der Waals surface area contributed by atoms with Crippen LogP contribution >= 0.6 is 15.9 Å². The van der Waals surface area contributed by atoms with Crippen molar-refractivity contribution >= 4 is 45.6 Å². The van der Waals surface area contributed by atoms with Gasteiger partial charge in [0.2, 0.25) is 5.60 Å². The molecule has 0 bridgehead atoms. The van der Waals surface area contributed by atoms with E-state index in [1.165, 1.54) is 21.0 Å². The van der Waals surface area contributed by atoms with Crippen molar-refractivity contribution < 1.29 is 57.9 Å². The molecule has 0 heterocycles. The molecular weight excluding hydrogens is 800 g/mol. The van der Waals surface area contributed by atoms with Crippen LogP contribution < -0.4 is 14.2 Å². The minimum atomic E-state index is -2.42. The van der Waals surface area contributed by atoms with Gasteiger partial charge in [0.15, 0.2) is 11.5 Å². The topological polar surface area (TPSA) is 172 Å². The van der Waals surface area contributed by atoms with Gasteiger partial charge in [0.25, 0.3) is 0 Å². The predicted molar refractivity (Wildman–Crippen MR) is 213 cm³/mol. The van der Waals surface area contributed by atoms with Crippen LogP contribution in [-0.4, -0.2) is 58.2 Å². The van der Waals surface area contributed by atoms with Crippen molar-refractivity contribution in [2.24, 2.45) is 0 Å². The van der Waals surface area contributed by atoms with Gasteiger partial charge in [-0.1, -0.05) is 0 Å². The Balaban J connectivity index is 1.43. The van der Waals surface area contributed by atoms with Gasteiger partial charge in [0.05, 0.1) is 18.2 Å². The minimum Gasteiger partial charge on any atom is -0.506 e. The Morgan fingerprint density at radius 3 is 1.89 bits per heavy atom. The van der Waals surface area contributed by atoms with E-state index in [-0.39, 0.29) is 49.6 Å². The maximum Gasteiger partial charge on any atom is 0.356 e. The molecule has 0 spiro atoms. The highest BCUT2D eigenvalue weighted by Crippen LogP contribution is 2.45. The fourth-order valence-corrected chi connectivity index (χ4v) is 7.87. The molecule has 2 N–H and O–H groups in total. The molecule has 12 nitrogen and oxygen atoms in total. The van der Waals surface area contributed by atoms with Crippen LogP contribution in [-0.2, 0) is 31.9 Å². The van der Waals surface area contributed by atoms with Gasteiger partial charge in [-0.15, -0.1) is 0 Å². The Morgan fingerprint density at radius 1 is 0.719 bits per heavy atom. The number of aromatic hydroxyl groups is 1. The molecule has 0 saturated carbocycles. The van der Waals surface area contributed by atoms with Crippen molar-refractivity contribution in [3.63, 3.8) is 0 Å². The predicted octanol–water partition coefficient (Wildman–Crippen LogP) is 7.89. The summed E-state index contributed by atoms with van der Waals surface area (Å²) in [5.41, 5.74) is 2.39. The number of hydrogen-bond acceptors (Lipinski definition) is 12. The summed E-state index contributed by atoms with van der Waals surface area (Å²) in [7, 11) is 1.19. The van der Waals surface area contributed by atoms with Crippen LogP contribution in [0.5, 0.6) is 23.0 Å². The number of ether oxygens (including phenoxy) is 5. The van der Waals surface area contributed by atoms with Crippen LogP contribution in [0.15, 0.2) is 34.0 Å². The number of carbonyl (C=O) groups is 5. The van der Waals surface area contributed by atoms with Crippen LogP contribution in [0.3, 0.4) is 0 Å². The number of benzene rings is 3.